The molecule has 35 heavy (non-hydrogen) atoms. The molecule has 0 saturated carbocycles. The fourth-order valence-electron chi connectivity index (χ4n) is 3.84. The molecule has 1 fully saturated rings. The molecule has 0 aromatic heterocycles. The number of fused-ring (bicyclic) bond motifs is 1. The lowest BCUT2D eigenvalue weighted by Gasteiger charge is -2.34. The number of nitrogens with zero attached hydrogens (tertiary/aromatic N) is 2. The largest absolute Gasteiger partial charge is 0.484 e. The Hall–Kier alpha value is -3.63. The third-order valence-corrected chi connectivity index (χ3v) is 7.56. The summed E-state index contributed by atoms with van der Waals surface area (Å²) in [5.41, 5.74) is 0.487. The predicted octanol–water partition coefficient (Wildman–Crippen LogP) is 3.32. The Morgan fingerprint density at radius 1 is 0.914 bits per heavy atom. The van der Waals surface area contributed by atoms with Crippen molar-refractivity contribution in [3.8, 4) is 5.75 Å². The van der Waals surface area contributed by atoms with Gasteiger partial charge < -0.3 is 14.4 Å². The second-order valence-corrected chi connectivity index (χ2v) is 9.89. The molecule has 1 aliphatic rings. The van der Waals surface area contributed by atoms with Gasteiger partial charge in [-0.15, -0.1) is 0 Å². The van der Waals surface area contributed by atoms with Crippen LogP contribution in [0.15, 0.2) is 71.6 Å². The Morgan fingerprint density at radius 3 is 2.40 bits per heavy atom. The molecule has 0 bridgehead atoms. The number of anilines is 1. The van der Waals surface area contributed by atoms with Gasteiger partial charge in [-0.25, -0.2) is 13.2 Å². The number of hydrogen-bond acceptors (Lipinski definition) is 6. The van der Waals surface area contributed by atoms with Crippen LogP contribution in [0.1, 0.15) is 6.92 Å². The van der Waals surface area contributed by atoms with Crippen LogP contribution in [0.4, 0.5) is 10.5 Å². The minimum absolute atomic E-state index is 0.194. The highest BCUT2D eigenvalue weighted by Gasteiger charge is 2.30. The van der Waals surface area contributed by atoms with E-state index in [9.17, 15) is 18.0 Å². The van der Waals surface area contributed by atoms with Crippen LogP contribution in [0.2, 0.25) is 0 Å². The zero-order valence-corrected chi connectivity index (χ0v) is 20.2. The Bertz CT molecular complexity index is 1320. The van der Waals surface area contributed by atoms with E-state index in [0.29, 0.717) is 11.4 Å². The molecule has 2 amide bonds. The number of sulfonamides is 1. The second-order valence-electron chi connectivity index (χ2n) is 7.96. The lowest BCUT2D eigenvalue weighted by Crippen LogP contribution is -2.51. The third-order valence-electron chi connectivity index (χ3n) is 5.67. The van der Waals surface area contributed by atoms with Crippen molar-refractivity contribution in [3.05, 3.63) is 66.7 Å². The van der Waals surface area contributed by atoms with Crippen LogP contribution in [0, 0.1) is 0 Å². The number of ether oxygens (including phenoxy) is 2. The van der Waals surface area contributed by atoms with Crippen molar-refractivity contribution < 1.29 is 27.5 Å². The van der Waals surface area contributed by atoms with E-state index in [2.05, 4.69) is 5.32 Å². The Morgan fingerprint density at radius 2 is 1.66 bits per heavy atom. The van der Waals surface area contributed by atoms with Gasteiger partial charge >= 0.3 is 6.09 Å². The van der Waals surface area contributed by atoms with E-state index in [-0.39, 0.29) is 50.2 Å². The van der Waals surface area contributed by atoms with Crippen molar-refractivity contribution in [2.75, 3.05) is 44.7 Å². The minimum atomic E-state index is -3.66. The standard InChI is InChI=1S/C25H27N3O6S/c1-2-33-25(30)26-21-8-5-9-22(17-21)34-18-24(29)27-12-14-28(15-13-27)35(31,32)23-11-10-19-6-3-4-7-20(19)16-23/h3-11,16-17H,2,12-15,18H2,1H3,(H,26,30). The predicted molar refractivity (Wildman–Crippen MR) is 132 cm³/mol. The summed E-state index contributed by atoms with van der Waals surface area (Å²) < 4.78 is 38.1. The quantitative estimate of drug-likeness (QED) is 0.537. The van der Waals surface area contributed by atoms with Gasteiger partial charge in [-0.2, -0.15) is 4.31 Å². The highest BCUT2D eigenvalue weighted by molar-refractivity contribution is 7.89. The van der Waals surface area contributed by atoms with Crippen molar-refractivity contribution in [3.63, 3.8) is 0 Å². The average Bonchev–Trinajstić information content (AvgIpc) is 2.87. The number of nitrogens with one attached hydrogen (secondary N) is 1. The molecule has 184 valence electrons. The van der Waals surface area contributed by atoms with Gasteiger partial charge in [-0.3, -0.25) is 10.1 Å². The smallest absolute Gasteiger partial charge is 0.411 e. The van der Waals surface area contributed by atoms with Gasteiger partial charge in [-0.05, 0) is 42.0 Å². The summed E-state index contributed by atoms with van der Waals surface area (Å²) in [6.45, 7) is 2.75. The maximum Gasteiger partial charge on any atom is 0.411 e. The summed E-state index contributed by atoms with van der Waals surface area (Å²) in [6.07, 6.45) is -0.572. The van der Waals surface area contributed by atoms with Crippen LogP contribution in [0.5, 0.6) is 5.75 Å². The van der Waals surface area contributed by atoms with Gasteiger partial charge in [0.25, 0.3) is 5.91 Å². The molecular formula is C25H27N3O6S. The number of rotatable bonds is 7. The van der Waals surface area contributed by atoms with Crippen molar-refractivity contribution in [1.29, 1.82) is 0 Å². The number of amides is 2. The van der Waals surface area contributed by atoms with Crippen LogP contribution < -0.4 is 10.1 Å². The molecule has 9 nitrogen and oxygen atoms in total. The maximum absolute atomic E-state index is 13.1. The summed E-state index contributed by atoms with van der Waals surface area (Å²) in [4.78, 5) is 26.0. The normalized spacial score (nSPS) is 14.5. The van der Waals surface area contributed by atoms with Crippen LogP contribution in [0.3, 0.4) is 0 Å². The molecule has 0 aliphatic carbocycles. The van der Waals surface area contributed by atoms with E-state index in [0.717, 1.165) is 10.8 Å². The number of carbonyl (C=O) groups is 2. The van der Waals surface area contributed by atoms with E-state index in [1.165, 1.54) is 4.31 Å². The number of piperazine rings is 1. The molecule has 4 rings (SSSR count). The minimum Gasteiger partial charge on any atom is -0.484 e. The first kappa shape index (κ1) is 24.5. The van der Waals surface area contributed by atoms with E-state index >= 15 is 0 Å². The van der Waals surface area contributed by atoms with Crippen LogP contribution in [0.25, 0.3) is 10.8 Å². The van der Waals surface area contributed by atoms with Crippen molar-refractivity contribution >= 4 is 38.5 Å². The van der Waals surface area contributed by atoms with Crippen LogP contribution >= 0.6 is 0 Å². The maximum atomic E-state index is 13.1. The van der Waals surface area contributed by atoms with Gasteiger partial charge in [0.15, 0.2) is 6.61 Å². The Balaban J connectivity index is 1.31. The summed E-state index contributed by atoms with van der Waals surface area (Å²) in [5.74, 6) is 0.182. The molecular weight excluding hydrogens is 470 g/mol. The van der Waals surface area contributed by atoms with E-state index in [1.54, 1.807) is 54.3 Å². The number of hydrogen-bond donors (Lipinski definition) is 1. The molecule has 3 aromatic carbocycles. The molecule has 1 heterocycles. The summed E-state index contributed by atoms with van der Waals surface area (Å²) in [7, 11) is -3.66. The molecule has 0 radical (unpaired) electrons. The van der Waals surface area contributed by atoms with Crippen molar-refractivity contribution in [2.24, 2.45) is 0 Å². The molecule has 1 aliphatic heterocycles. The first-order chi connectivity index (χ1) is 16.9. The lowest BCUT2D eigenvalue weighted by molar-refractivity contribution is -0.134. The summed E-state index contributed by atoms with van der Waals surface area (Å²) >= 11 is 0. The zero-order chi connectivity index (χ0) is 24.8. The van der Waals surface area contributed by atoms with Crippen LogP contribution in [-0.2, 0) is 19.6 Å². The molecule has 0 spiro atoms. The molecule has 0 atom stereocenters. The van der Waals surface area contributed by atoms with Gasteiger partial charge in [0.2, 0.25) is 10.0 Å². The van der Waals surface area contributed by atoms with E-state index in [4.69, 9.17) is 9.47 Å². The zero-order valence-electron chi connectivity index (χ0n) is 19.3. The highest BCUT2D eigenvalue weighted by atomic mass is 32.2. The van der Waals surface area contributed by atoms with Crippen molar-refractivity contribution in [2.45, 2.75) is 11.8 Å². The number of carbonyl (C=O) groups excluding carboxylic acids is 2. The monoisotopic (exact) mass is 497 g/mol. The molecule has 10 heteroatoms. The van der Waals surface area contributed by atoms with Gasteiger partial charge in [0.05, 0.1) is 11.5 Å². The van der Waals surface area contributed by atoms with E-state index in [1.807, 2.05) is 24.3 Å². The molecule has 1 N–H and O–H groups in total. The second kappa shape index (κ2) is 10.7. The first-order valence-corrected chi connectivity index (χ1v) is 12.7. The Labute approximate surface area is 204 Å². The average molecular weight is 498 g/mol. The molecule has 1 saturated heterocycles. The molecule has 0 unspecified atom stereocenters. The van der Waals surface area contributed by atoms with Gasteiger partial charge in [0.1, 0.15) is 5.75 Å². The van der Waals surface area contributed by atoms with Crippen molar-refractivity contribution in [1.82, 2.24) is 9.21 Å². The SMILES string of the molecule is CCOC(=O)Nc1cccc(OCC(=O)N2CCN(S(=O)(=O)c3ccc4ccccc4c3)CC2)c1. The number of benzene rings is 3. The topological polar surface area (TPSA) is 105 Å². The third kappa shape index (κ3) is 5.90. The molecule has 3 aromatic rings. The summed E-state index contributed by atoms with van der Waals surface area (Å²) in [6, 6.07) is 19.4. The fraction of sp³-hybridized carbons (Fsp3) is 0.280. The van der Waals surface area contributed by atoms with E-state index < -0.39 is 16.1 Å². The summed E-state index contributed by atoms with van der Waals surface area (Å²) in [5, 5.41) is 4.42. The highest BCUT2D eigenvalue weighted by Crippen LogP contribution is 2.23. The van der Waals surface area contributed by atoms with Gasteiger partial charge in [-0.1, -0.05) is 36.4 Å². The first-order valence-electron chi connectivity index (χ1n) is 11.3. The Kier molecular flexibility index (Phi) is 7.52. The fourth-order valence-corrected chi connectivity index (χ4v) is 5.30. The van der Waals surface area contributed by atoms with Crippen LogP contribution in [-0.4, -0.2) is 69.0 Å². The van der Waals surface area contributed by atoms with Gasteiger partial charge in [0, 0.05) is 37.9 Å². The lowest BCUT2D eigenvalue weighted by atomic mass is 10.1.